The van der Waals surface area contributed by atoms with Gasteiger partial charge in [-0.15, -0.1) is 0 Å². The van der Waals surface area contributed by atoms with Gasteiger partial charge in [0, 0.05) is 5.69 Å². The molecular weight excluding hydrogens is 332 g/mol. The lowest BCUT2D eigenvalue weighted by Crippen LogP contribution is -2.16. The van der Waals surface area contributed by atoms with Crippen LogP contribution in [0.25, 0.3) is 0 Å². The van der Waals surface area contributed by atoms with E-state index in [1.807, 2.05) is 24.3 Å². The molecule has 0 saturated heterocycles. The smallest absolute Gasteiger partial charge is 0.356 e. The van der Waals surface area contributed by atoms with Crippen LogP contribution in [0.4, 0.5) is 5.69 Å². The molecule has 0 amide bonds. The fourth-order valence-electron chi connectivity index (χ4n) is 2.64. The fourth-order valence-corrected chi connectivity index (χ4v) is 2.64. The van der Waals surface area contributed by atoms with E-state index in [1.165, 1.54) is 0 Å². The van der Waals surface area contributed by atoms with E-state index in [1.54, 1.807) is 43.3 Å². The molecular formula is C20H16N2O4. The highest BCUT2D eigenvalue weighted by Gasteiger charge is 2.40. The number of hydrogen-bond donors (Lipinski definition) is 1. The average molecular weight is 348 g/mol. The van der Waals surface area contributed by atoms with Crippen LogP contribution in [-0.2, 0) is 19.1 Å². The van der Waals surface area contributed by atoms with E-state index in [-0.39, 0.29) is 17.9 Å². The van der Waals surface area contributed by atoms with Gasteiger partial charge in [-0.25, -0.2) is 9.59 Å². The summed E-state index contributed by atoms with van der Waals surface area (Å²) in [6.07, 6.45) is -0.888. The largest absolute Gasteiger partial charge is 0.462 e. The van der Waals surface area contributed by atoms with Crippen molar-refractivity contribution in [3.63, 3.8) is 0 Å². The van der Waals surface area contributed by atoms with Gasteiger partial charge in [-0.2, -0.15) is 5.26 Å². The molecule has 130 valence electrons. The quantitative estimate of drug-likeness (QED) is 0.836. The van der Waals surface area contributed by atoms with Gasteiger partial charge >= 0.3 is 11.9 Å². The molecule has 6 nitrogen and oxygen atoms in total. The highest BCUT2D eigenvalue weighted by Crippen LogP contribution is 2.36. The minimum absolute atomic E-state index is 0.0593. The first-order chi connectivity index (χ1) is 12.6. The van der Waals surface area contributed by atoms with Crippen molar-refractivity contribution >= 4 is 17.6 Å². The molecule has 1 aliphatic rings. The predicted molar refractivity (Wildman–Crippen MR) is 93.7 cm³/mol. The molecule has 1 heterocycles. The minimum atomic E-state index is -0.888. The lowest BCUT2D eigenvalue weighted by molar-refractivity contribution is -0.142. The molecule has 1 unspecified atom stereocenters. The van der Waals surface area contributed by atoms with Crippen LogP contribution in [0, 0.1) is 11.3 Å². The Morgan fingerprint density at radius 3 is 2.50 bits per heavy atom. The normalized spacial score (nSPS) is 16.0. The Morgan fingerprint density at radius 1 is 1.19 bits per heavy atom. The van der Waals surface area contributed by atoms with Crippen molar-refractivity contribution < 1.29 is 19.1 Å². The van der Waals surface area contributed by atoms with E-state index in [0.717, 1.165) is 0 Å². The van der Waals surface area contributed by atoms with Crippen LogP contribution in [0.2, 0.25) is 0 Å². The Kier molecular flexibility index (Phi) is 4.99. The molecule has 0 aromatic heterocycles. The number of carbonyl (C=O) groups excluding carboxylic acids is 2. The lowest BCUT2D eigenvalue weighted by atomic mass is 10.00. The molecule has 6 heteroatoms. The Bertz CT molecular complexity index is 896. The van der Waals surface area contributed by atoms with Crippen molar-refractivity contribution in [1.29, 1.82) is 5.26 Å². The number of rotatable bonds is 5. The zero-order valence-corrected chi connectivity index (χ0v) is 14.1. The van der Waals surface area contributed by atoms with Gasteiger partial charge in [0.1, 0.15) is 11.3 Å². The van der Waals surface area contributed by atoms with Crippen LogP contribution in [-0.4, -0.2) is 18.5 Å². The van der Waals surface area contributed by atoms with Gasteiger partial charge in [0.2, 0.25) is 0 Å². The van der Waals surface area contributed by atoms with Crippen molar-refractivity contribution in [3.8, 4) is 6.07 Å². The third-order valence-corrected chi connectivity index (χ3v) is 3.84. The Balaban J connectivity index is 2.02. The van der Waals surface area contributed by atoms with Gasteiger partial charge in [-0.05, 0) is 36.8 Å². The highest BCUT2D eigenvalue weighted by atomic mass is 16.6. The first kappa shape index (κ1) is 17.2. The summed E-state index contributed by atoms with van der Waals surface area (Å²) in [4.78, 5) is 24.9. The minimum Gasteiger partial charge on any atom is -0.462 e. The number of nitrogens with one attached hydrogen (secondary N) is 1. The van der Waals surface area contributed by atoms with Crippen LogP contribution in [0.5, 0.6) is 0 Å². The summed E-state index contributed by atoms with van der Waals surface area (Å²) >= 11 is 0. The zero-order chi connectivity index (χ0) is 18.5. The number of esters is 2. The van der Waals surface area contributed by atoms with Gasteiger partial charge in [0.25, 0.3) is 0 Å². The molecule has 0 bridgehead atoms. The Hall–Kier alpha value is -3.59. The van der Waals surface area contributed by atoms with Gasteiger partial charge in [-0.1, -0.05) is 30.3 Å². The SMILES string of the molecule is CCOC(=O)C1=C(Nc2ccccc2)C(=O)OC1c1ccc(C#N)cc1. The molecule has 1 aliphatic heterocycles. The third-order valence-electron chi connectivity index (χ3n) is 3.84. The zero-order valence-electron chi connectivity index (χ0n) is 14.1. The molecule has 0 aliphatic carbocycles. The first-order valence-electron chi connectivity index (χ1n) is 8.08. The van der Waals surface area contributed by atoms with E-state index in [9.17, 15) is 9.59 Å². The maximum atomic E-state index is 12.5. The third kappa shape index (κ3) is 3.42. The number of carbonyl (C=O) groups is 2. The monoisotopic (exact) mass is 348 g/mol. The summed E-state index contributed by atoms with van der Waals surface area (Å²) in [5.74, 6) is -1.25. The first-order valence-corrected chi connectivity index (χ1v) is 8.08. The van der Waals surface area contributed by atoms with Crippen molar-refractivity contribution in [2.75, 3.05) is 11.9 Å². The van der Waals surface area contributed by atoms with Crippen molar-refractivity contribution in [3.05, 3.63) is 77.0 Å². The summed E-state index contributed by atoms with van der Waals surface area (Å²) in [7, 11) is 0. The van der Waals surface area contributed by atoms with Crippen LogP contribution < -0.4 is 5.32 Å². The summed E-state index contributed by atoms with van der Waals surface area (Å²) in [5, 5.41) is 11.9. The number of ether oxygens (including phenoxy) is 2. The number of nitriles is 1. The summed E-state index contributed by atoms with van der Waals surface area (Å²) in [6, 6.07) is 17.6. The highest BCUT2D eigenvalue weighted by molar-refractivity contribution is 6.06. The average Bonchev–Trinajstić information content (AvgIpc) is 2.99. The predicted octanol–water partition coefficient (Wildman–Crippen LogP) is 3.09. The second-order valence-corrected chi connectivity index (χ2v) is 5.52. The molecule has 0 fully saturated rings. The number of hydrogen-bond acceptors (Lipinski definition) is 6. The summed E-state index contributed by atoms with van der Waals surface area (Å²) in [5.41, 5.74) is 1.89. The standard InChI is InChI=1S/C20H16N2O4/c1-2-25-19(23)16-17(22-15-6-4-3-5-7-15)20(24)26-18(16)14-10-8-13(12-21)9-11-14/h3-11,18,22H,2H2,1H3. The van der Waals surface area contributed by atoms with Crippen LogP contribution in [0.1, 0.15) is 24.2 Å². The second kappa shape index (κ2) is 7.53. The van der Waals surface area contributed by atoms with Gasteiger partial charge < -0.3 is 14.8 Å². The van der Waals surface area contributed by atoms with Gasteiger partial charge in [-0.3, -0.25) is 0 Å². The van der Waals surface area contributed by atoms with E-state index in [0.29, 0.717) is 16.8 Å². The molecule has 1 atom stereocenters. The second-order valence-electron chi connectivity index (χ2n) is 5.52. The van der Waals surface area contributed by atoms with Crippen LogP contribution in [0.15, 0.2) is 65.9 Å². The van der Waals surface area contributed by atoms with E-state index < -0.39 is 18.0 Å². The molecule has 26 heavy (non-hydrogen) atoms. The summed E-state index contributed by atoms with van der Waals surface area (Å²) in [6.45, 7) is 1.87. The van der Waals surface area contributed by atoms with Crippen LogP contribution in [0.3, 0.4) is 0 Å². The molecule has 2 aromatic rings. The molecule has 2 aromatic carbocycles. The molecule has 0 radical (unpaired) electrons. The van der Waals surface area contributed by atoms with Crippen LogP contribution >= 0.6 is 0 Å². The maximum Gasteiger partial charge on any atom is 0.356 e. The molecule has 1 N–H and O–H groups in total. The van der Waals surface area contributed by atoms with E-state index in [4.69, 9.17) is 14.7 Å². The van der Waals surface area contributed by atoms with Gasteiger partial charge in [0.05, 0.1) is 18.2 Å². The maximum absolute atomic E-state index is 12.5. The number of nitrogens with zero attached hydrogens (tertiary/aromatic N) is 1. The van der Waals surface area contributed by atoms with Crippen molar-refractivity contribution in [2.24, 2.45) is 0 Å². The topological polar surface area (TPSA) is 88.4 Å². The number of para-hydroxylation sites is 1. The lowest BCUT2D eigenvalue weighted by Gasteiger charge is -2.13. The van der Waals surface area contributed by atoms with E-state index >= 15 is 0 Å². The van der Waals surface area contributed by atoms with E-state index in [2.05, 4.69) is 5.32 Å². The van der Waals surface area contributed by atoms with Crippen molar-refractivity contribution in [1.82, 2.24) is 0 Å². The number of anilines is 1. The Labute approximate surface area is 150 Å². The van der Waals surface area contributed by atoms with Gasteiger partial charge in [0.15, 0.2) is 6.10 Å². The number of cyclic esters (lactones) is 1. The summed E-state index contributed by atoms with van der Waals surface area (Å²) < 4.78 is 10.5. The fraction of sp³-hybridized carbons (Fsp3) is 0.150. The molecule has 0 saturated carbocycles. The molecule has 3 rings (SSSR count). The molecule has 0 spiro atoms. The van der Waals surface area contributed by atoms with Crippen molar-refractivity contribution in [2.45, 2.75) is 13.0 Å². The number of benzene rings is 2. The Morgan fingerprint density at radius 2 is 1.88 bits per heavy atom.